The van der Waals surface area contributed by atoms with Gasteiger partial charge in [-0.25, -0.2) is 0 Å². The van der Waals surface area contributed by atoms with E-state index >= 15 is 0 Å². The Morgan fingerprint density at radius 2 is 1.56 bits per heavy atom. The van der Waals surface area contributed by atoms with Crippen molar-refractivity contribution >= 4 is 17.3 Å². The molecule has 0 radical (unpaired) electrons. The van der Waals surface area contributed by atoms with Crippen molar-refractivity contribution in [2.75, 3.05) is 5.73 Å². The predicted octanol–water partition coefficient (Wildman–Crippen LogP) is 4.45. The lowest BCUT2D eigenvalue weighted by Gasteiger charge is -2.12. The highest BCUT2D eigenvalue weighted by atomic mass is 14.5. The maximum Gasteiger partial charge on any atom is 0.0319 e. The molecule has 0 aliphatic heterocycles. The van der Waals surface area contributed by atoms with Crippen LogP contribution in [0.25, 0.3) is 11.6 Å². The second-order valence-electron chi connectivity index (χ2n) is 4.77. The number of hydrogen-bond donors (Lipinski definition) is 1. The third kappa shape index (κ3) is 2.62. The average molecular weight is 237 g/mol. The first kappa shape index (κ1) is 12.4. The van der Waals surface area contributed by atoms with E-state index in [0.717, 1.165) is 5.69 Å². The van der Waals surface area contributed by atoms with Gasteiger partial charge < -0.3 is 5.73 Å². The van der Waals surface area contributed by atoms with E-state index in [2.05, 4.69) is 51.1 Å². The highest BCUT2D eigenvalue weighted by molar-refractivity contribution is 5.83. The molecule has 2 aromatic carbocycles. The molecule has 0 aliphatic carbocycles. The van der Waals surface area contributed by atoms with Crippen LogP contribution in [-0.2, 0) is 0 Å². The largest absolute Gasteiger partial charge is 0.399 e. The topological polar surface area (TPSA) is 26.0 Å². The molecule has 0 saturated heterocycles. The van der Waals surface area contributed by atoms with E-state index in [1.807, 2.05) is 18.2 Å². The minimum Gasteiger partial charge on any atom is -0.399 e. The van der Waals surface area contributed by atoms with Gasteiger partial charge in [-0.1, -0.05) is 36.4 Å². The van der Waals surface area contributed by atoms with Gasteiger partial charge in [0, 0.05) is 5.69 Å². The van der Waals surface area contributed by atoms with Crippen molar-refractivity contribution in [3.8, 4) is 0 Å². The molecule has 2 N–H and O–H groups in total. The van der Waals surface area contributed by atoms with E-state index in [9.17, 15) is 0 Å². The van der Waals surface area contributed by atoms with Crippen molar-refractivity contribution in [1.82, 2.24) is 0 Å². The number of allylic oxidation sites excluding steroid dienone is 1. The van der Waals surface area contributed by atoms with E-state index in [1.54, 1.807) is 0 Å². The second-order valence-corrected chi connectivity index (χ2v) is 4.77. The maximum absolute atomic E-state index is 5.86. The van der Waals surface area contributed by atoms with E-state index in [0.29, 0.717) is 0 Å². The van der Waals surface area contributed by atoms with E-state index in [4.69, 9.17) is 5.73 Å². The molecule has 0 fully saturated rings. The zero-order chi connectivity index (χ0) is 13.1. The molecule has 1 heteroatoms. The first-order valence-corrected chi connectivity index (χ1v) is 6.18. The van der Waals surface area contributed by atoms with Crippen LogP contribution in [0.5, 0.6) is 0 Å². The summed E-state index contributed by atoms with van der Waals surface area (Å²) in [7, 11) is 0. The molecule has 0 bridgehead atoms. The molecule has 0 atom stereocenters. The highest BCUT2D eigenvalue weighted by Gasteiger charge is 2.05. The molecule has 0 unspecified atom stereocenters. The van der Waals surface area contributed by atoms with Crippen LogP contribution in [0.4, 0.5) is 5.69 Å². The molecule has 0 aromatic heterocycles. The second kappa shape index (κ2) is 5.09. The quantitative estimate of drug-likeness (QED) is 0.606. The lowest BCUT2D eigenvalue weighted by molar-refractivity contribution is 1.33. The normalized spacial score (nSPS) is 11.6. The first-order valence-electron chi connectivity index (χ1n) is 6.18. The van der Waals surface area contributed by atoms with Gasteiger partial charge in [-0.2, -0.15) is 0 Å². The van der Waals surface area contributed by atoms with Crippen molar-refractivity contribution in [2.24, 2.45) is 0 Å². The van der Waals surface area contributed by atoms with Gasteiger partial charge in [0.15, 0.2) is 0 Å². The Labute approximate surface area is 109 Å². The molecule has 2 rings (SSSR count). The Bertz CT molecular complexity index is 557. The Morgan fingerprint density at radius 3 is 2.11 bits per heavy atom. The monoisotopic (exact) mass is 237 g/mol. The van der Waals surface area contributed by atoms with Crippen molar-refractivity contribution in [1.29, 1.82) is 0 Å². The van der Waals surface area contributed by atoms with Gasteiger partial charge in [-0.05, 0) is 60.7 Å². The molecule has 18 heavy (non-hydrogen) atoms. The van der Waals surface area contributed by atoms with Gasteiger partial charge in [0.2, 0.25) is 0 Å². The molecule has 0 amide bonds. The molecular weight excluding hydrogens is 218 g/mol. The predicted molar refractivity (Wildman–Crippen MR) is 80.3 cm³/mol. The Balaban J connectivity index is 2.47. The Hall–Kier alpha value is -2.02. The van der Waals surface area contributed by atoms with Crippen molar-refractivity contribution < 1.29 is 0 Å². The summed E-state index contributed by atoms with van der Waals surface area (Å²) in [6.07, 6.45) is 2.21. The Morgan fingerprint density at radius 1 is 1.00 bits per heavy atom. The Kier molecular flexibility index (Phi) is 3.52. The smallest absolute Gasteiger partial charge is 0.0319 e. The van der Waals surface area contributed by atoms with Gasteiger partial charge in [-0.15, -0.1) is 0 Å². The van der Waals surface area contributed by atoms with E-state index < -0.39 is 0 Å². The summed E-state index contributed by atoms with van der Waals surface area (Å²) >= 11 is 0. The zero-order valence-corrected chi connectivity index (χ0v) is 11.2. The fourth-order valence-corrected chi connectivity index (χ4v) is 2.49. The molecule has 92 valence electrons. The summed E-state index contributed by atoms with van der Waals surface area (Å²) in [6.45, 7) is 6.38. The van der Waals surface area contributed by atoms with Crippen LogP contribution < -0.4 is 5.73 Å². The number of nitrogen functional groups attached to an aromatic ring is 1. The number of benzene rings is 2. The minimum absolute atomic E-state index is 0.835. The van der Waals surface area contributed by atoms with Crippen LogP contribution in [0.3, 0.4) is 0 Å². The van der Waals surface area contributed by atoms with Crippen molar-refractivity contribution in [3.05, 3.63) is 64.7 Å². The third-order valence-electron chi connectivity index (χ3n) is 3.13. The summed E-state index contributed by atoms with van der Waals surface area (Å²) in [5.41, 5.74) is 13.0. The highest BCUT2D eigenvalue weighted by Crippen LogP contribution is 2.26. The molecule has 2 aromatic rings. The van der Waals surface area contributed by atoms with Gasteiger partial charge >= 0.3 is 0 Å². The van der Waals surface area contributed by atoms with Crippen molar-refractivity contribution in [2.45, 2.75) is 20.8 Å². The zero-order valence-electron chi connectivity index (χ0n) is 11.2. The SMILES string of the molecule is CC(=Cc1ccccc1)c1c(C)cc(N)cc1C. The number of hydrogen-bond acceptors (Lipinski definition) is 1. The van der Waals surface area contributed by atoms with Crippen LogP contribution in [-0.4, -0.2) is 0 Å². The summed E-state index contributed by atoms with van der Waals surface area (Å²) < 4.78 is 0. The van der Waals surface area contributed by atoms with Gasteiger partial charge in [-0.3, -0.25) is 0 Å². The fourth-order valence-electron chi connectivity index (χ4n) is 2.49. The summed E-state index contributed by atoms with van der Waals surface area (Å²) in [4.78, 5) is 0. The molecular formula is C17H19N. The van der Waals surface area contributed by atoms with Gasteiger partial charge in [0.1, 0.15) is 0 Å². The fraction of sp³-hybridized carbons (Fsp3) is 0.176. The minimum atomic E-state index is 0.835. The van der Waals surface area contributed by atoms with E-state index in [-0.39, 0.29) is 0 Å². The molecule has 0 heterocycles. The average Bonchev–Trinajstić information content (AvgIpc) is 2.28. The number of nitrogens with two attached hydrogens (primary N) is 1. The maximum atomic E-state index is 5.86. The molecule has 0 saturated carbocycles. The van der Waals surface area contributed by atoms with E-state index in [1.165, 1.54) is 27.8 Å². The van der Waals surface area contributed by atoms with Crippen molar-refractivity contribution in [3.63, 3.8) is 0 Å². The number of aryl methyl sites for hydroxylation is 2. The first-order chi connectivity index (χ1) is 8.58. The standard InChI is InChI=1S/C17H19N/c1-12(9-15-7-5-4-6-8-15)17-13(2)10-16(18)11-14(17)3/h4-11H,18H2,1-3H3. The summed E-state index contributed by atoms with van der Waals surface area (Å²) in [5.74, 6) is 0. The third-order valence-corrected chi connectivity index (χ3v) is 3.13. The van der Waals surface area contributed by atoms with Crippen LogP contribution in [0.15, 0.2) is 42.5 Å². The lowest BCUT2D eigenvalue weighted by Crippen LogP contribution is -1.94. The molecule has 1 nitrogen and oxygen atoms in total. The lowest BCUT2D eigenvalue weighted by atomic mass is 9.94. The van der Waals surface area contributed by atoms with Gasteiger partial charge in [0.05, 0.1) is 0 Å². The van der Waals surface area contributed by atoms with Crippen LogP contribution in [0.2, 0.25) is 0 Å². The summed E-state index contributed by atoms with van der Waals surface area (Å²) in [5, 5.41) is 0. The van der Waals surface area contributed by atoms with Gasteiger partial charge in [0.25, 0.3) is 0 Å². The van der Waals surface area contributed by atoms with Crippen LogP contribution in [0.1, 0.15) is 29.2 Å². The van der Waals surface area contributed by atoms with Crippen LogP contribution in [0, 0.1) is 13.8 Å². The number of anilines is 1. The number of rotatable bonds is 2. The molecule has 0 aliphatic rings. The molecule has 0 spiro atoms. The summed E-state index contributed by atoms with van der Waals surface area (Å²) in [6, 6.07) is 14.4. The van der Waals surface area contributed by atoms with Crippen LogP contribution >= 0.6 is 0 Å².